The van der Waals surface area contributed by atoms with Crippen LogP contribution < -0.4 is 5.32 Å². The first kappa shape index (κ1) is 22.0. The molecule has 0 heterocycles. The van der Waals surface area contributed by atoms with Crippen molar-refractivity contribution in [2.45, 2.75) is 29.9 Å². The molecule has 0 aliphatic heterocycles. The number of amides is 1. The van der Waals surface area contributed by atoms with Gasteiger partial charge in [0.15, 0.2) is 0 Å². The van der Waals surface area contributed by atoms with E-state index in [1.165, 1.54) is 11.8 Å². The highest BCUT2D eigenvalue weighted by molar-refractivity contribution is 7.99. The van der Waals surface area contributed by atoms with Crippen LogP contribution in [0.4, 0.5) is 4.79 Å². The average molecular weight is 448 g/mol. The Morgan fingerprint density at radius 1 is 0.938 bits per heavy atom. The highest BCUT2D eigenvalue weighted by atomic mass is 32.2. The van der Waals surface area contributed by atoms with Gasteiger partial charge in [0.2, 0.25) is 0 Å². The van der Waals surface area contributed by atoms with E-state index in [1.54, 1.807) is 6.92 Å². The number of aliphatic carboxylic acids is 1. The molecule has 2 N–H and O–H groups in total. The van der Waals surface area contributed by atoms with Gasteiger partial charge >= 0.3 is 12.1 Å². The third-order valence-electron chi connectivity index (χ3n) is 5.71. The van der Waals surface area contributed by atoms with Crippen molar-refractivity contribution >= 4 is 23.8 Å². The minimum absolute atomic E-state index is 0.0682. The molecule has 0 fully saturated rings. The van der Waals surface area contributed by atoms with Crippen LogP contribution in [0.25, 0.3) is 11.1 Å². The molecule has 0 bridgehead atoms. The van der Waals surface area contributed by atoms with Gasteiger partial charge in [-0.05, 0) is 27.8 Å². The van der Waals surface area contributed by atoms with Crippen LogP contribution in [0, 0.1) is 0 Å². The molecule has 4 rings (SSSR count). The molecule has 1 aliphatic rings. The number of carbonyl (C=O) groups is 2. The number of ether oxygens (including phenoxy) is 1. The average Bonchev–Trinajstić information content (AvgIpc) is 3.14. The number of hydrogen-bond donors (Lipinski definition) is 2. The summed E-state index contributed by atoms with van der Waals surface area (Å²) in [6, 6.07) is 25.0. The number of nitrogens with one attached hydrogen (secondary N) is 1. The van der Waals surface area contributed by atoms with Gasteiger partial charge in [-0.3, -0.25) is 0 Å². The quantitative estimate of drug-likeness (QED) is 0.490. The van der Waals surface area contributed by atoms with E-state index >= 15 is 0 Å². The van der Waals surface area contributed by atoms with Gasteiger partial charge in [-0.2, -0.15) is 11.8 Å². The summed E-state index contributed by atoms with van der Waals surface area (Å²) in [5, 5.41) is 11.9. The molecule has 0 saturated heterocycles. The Kier molecular flexibility index (Phi) is 6.81. The summed E-state index contributed by atoms with van der Waals surface area (Å²) < 4.78 is 5.51. The highest BCUT2D eigenvalue weighted by Crippen LogP contribution is 2.44. The number of carboxylic acid groups (broad SMARTS) is 1. The fourth-order valence-electron chi connectivity index (χ4n) is 4.05. The number of carbonyl (C=O) groups excluding carboxylic acids is 1. The van der Waals surface area contributed by atoms with Gasteiger partial charge in [0.1, 0.15) is 12.6 Å². The van der Waals surface area contributed by atoms with Gasteiger partial charge in [0, 0.05) is 16.9 Å². The fourth-order valence-corrected chi connectivity index (χ4v) is 5.07. The number of rotatable bonds is 8. The maximum Gasteiger partial charge on any atom is 0.407 e. The number of fused-ring (bicyclic) bond motifs is 3. The highest BCUT2D eigenvalue weighted by Gasteiger charge is 2.31. The van der Waals surface area contributed by atoms with E-state index in [9.17, 15) is 14.7 Å². The molecule has 0 saturated carbocycles. The molecule has 0 spiro atoms. The van der Waals surface area contributed by atoms with E-state index in [1.807, 2.05) is 66.7 Å². The lowest BCUT2D eigenvalue weighted by atomic mass is 9.98. The Hall–Kier alpha value is -3.25. The van der Waals surface area contributed by atoms with Crippen molar-refractivity contribution in [2.24, 2.45) is 0 Å². The second kappa shape index (κ2) is 9.92. The van der Waals surface area contributed by atoms with Crippen LogP contribution >= 0.6 is 11.8 Å². The molecule has 1 amide bonds. The lowest BCUT2D eigenvalue weighted by molar-refractivity contribution is -0.139. The van der Waals surface area contributed by atoms with E-state index in [-0.39, 0.29) is 17.8 Å². The second-order valence-corrected chi connectivity index (χ2v) is 9.15. The van der Waals surface area contributed by atoms with E-state index in [4.69, 9.17) is 4.74 Å². The Labute approximate surface area is 191 Å². The Balaban J connectivity index is 1.37. The zero-order valence-electron chi connectivity index (χ0n) is 17.7. The summed E-state index contributed by atoms with van der Waals surface area (Å²) in [5.41, 5.74) is 5.62. The standard InChI is InChI=1S/C26H25NO4S/c1-17(32-16-18-9-3-2-4-10-18)24(25(28)29)27-26(30)31-15-23-21-13-7-5-11-19(21)20-12-6-8-14-22(20)23/h2-14,17,23-24H,15-16H2,1H3,(H,27,30)(H,28,29). The molecule has 2 unspecified atom stereocenters. The Morgan fingerprint density at radius 3 is 2.09 bits per heavy atom. The normalized spacial score (nSPS) is 14.2. The molecule has 3 aromatic carbocycles. The molecule has 1 aliphatic carbocycles. The number of benzene rings is 3. The smallest absolute Gasteiger partial charge is 0.407 e. The molecule has 5 nitrogen and oxygen atoms in total. The van der Waals surface area contributed by atoms with Gasteiger partial charge in [0.05, 0.1) is 0 Å². The molecule has 6 heteroatoms. The van der Waals surface area contributed by atoms with Crippen molar-refractivity contribution in [1.29, 1.82) is 0 Å². The fraction of sp³-hybridized carbons (Fsp3) is 0.231. The maximum absolute atomic E-state index is 12.5. The van der Waals surface area contributed by atoms with Crippen LogP contribution in [-0.4, -0.2) is 35.1 Å². The number of thioether (sulfide) groups is 1. The van der Waals surface area contributed by atoms with E-state index in [0.717, 1.165) is 27.8 Å². The zero-order valence-corrected chi connectivity index (χ0v) is 18.5. The Bertz CT molecular complexity index is 1060. The molecule has 164 valence electrons. The van der Waals surface area contributed by atoms with Crippen molar-refractivity contribution in [2.75, 3.05) is 6.61 Å². The van der Waals surface area contributed by atoms with E-state index < -0.39 is 18.1 Å². The molecule has 3 aromatic rings. The van der Waals surface area contributed by atoms with Crippen LogP contribution in [0.15, 0.2) is 78.9 Å². The molecule has 0 aromatic heterocycles. The summed E-state index contributed by atoms with van der Waals surface area (Å²) in [7, 11) is 0. The van der Waals surface area contributed by atoms with Gasteiger partial charge in [-0.15, -0.1) is 0 Å². The molecular formula is C26H25NO4S. The number of alkyl carbamates (subject to hydrolysis) is 1. The topological polar surface area (TPSA) is 75.6 Å². The van der Waals surface area contributed by atoms with Crippen molar-refractivity contribution in [1.82, 2.24) is 5.32 Å². The molecule has 2 atom stereocenters. The number of carboxylic acids is 1. The monoisotopic (exact) mass is 447 g/mol. The summed E-state index contributed by atoms with van der Waals surface area (Å²) in [4.78, 5) is 24.3. The predicted molar refractivity (Wildman–Crippen MR) is 127 cm³/mol. The summed E-state index contributed by atoms with van der Waals surface area (Å²) in [6.45, 7) is 1.95. The lowest BCUT2D eigenvalue weighted by Gasteiger charge is -2.22. The summed E-state index contributed by atoms with van der Waals surface area (Å²) in [5.74, 6) is -0.481. The Morgan fingerprint density at radius 2 is 1.50 bits per heavy atom. The van der Waals surface area contributed by atoms with Crippen LogP contribution in [0.5, 0.6) is 0 Å². The molecule has 0 radical (unpaired) electrons. The number of hydrogen-bond acceptors (Lipinski definition) is 4. The van der Waals surface area contributed by atoms with Crippen LogP contribution in [0.1, 0.15) is 29.5 Å². The lowest BCUT2D eigenvalue weighted by Crippen LogP contribution is -2.47. The van der Waals surface area contributed by atoms with Crippen molar-refractivity contribution in [3.05, 3.63) is 95.6 Å². The van der Waals surface area contributed by atoms with Crippen LogP contribution in [-0.2, 0) is 15.3 Å². The van der Waals surface area contributed by atoms with E-state index in [2.05, 4.69) is 17.4 Å². The molecule has 32 heavy (non-hydrogen) atoms. The SMILES string of the molecule is CC(SCc1ccccc1)C(NC(=O)OCC1c2ccccc2-c2ccccc21)C(=O)O. The second-order valence-electron chi connectivity index (χ2n) is 7.79. The third-order valence-corrected chi connectivity index (χ3v) is 7.01. The minimum Gasteiger partial charge on any atom is -0.480 e. The van der Waals surface area contributed by atoms with Crippen LogP contribution in [0.2, 0.25) is 0 Å². The first-order chi connectivity index (χ1) is 15.5. The minimum atomic E-state index is -1.08. The van der Waals surface area contributed by atoms with Crippen LogP contribution in [0.3, 0.4) is 0 Å². The third kappa shape index (κ3) is 4.81. The predicted octanol–water partition coefficient (Wildman–Crippen LogP) is 5.30. The summed E-state index contributed by atoms with van der Waals surface area (Å²) >= 11 is 1.48. The summed E-state index contributed by atoms with van der Waals surface area (Å²) in [6.07, 6.45) is -0.716. The van der Waals surface area contributed by atoms with Crippen molar-refractivity contribution < 1.29 is 19.4 Å². The molecular weight excluding hydrogens is 422 g/mol. The van der Waals surface area contributed by atoms with Crippen molar-refractivity contribution in [3.8, 4) is 11.1 Å². The van der Waals surface area contributed by atoms with Gasteiger partial charge in [-0.1, -0.05) is 85.8 Å². The van der Waals surface area contributed by atoms with Gasteiger partial charge in [0.25, 0.3) is 0 Å². The van der Waals surface area contributed by atoms with Gasteiger partial charge in [-0.25, -0.2) is 9.59 Å². The first-order valence-corrected chi connectivity index (χ1v) is 11.6. The first-order valence-electron chi connectivity index (χ1n) is 10.5. The van der Waals surface area contributed by atoms with Crippen molar-refractivity contribution in [3.63, 3.8) is 0 Å². The maximum atomic E-state index is 12.5. The largest absolute Gasteiger partial charge is 0.480 e. The van der Waals surface area contributed by atoms with E-state index in [0.29, 0.717) is 5.75 Å². The van der Waals surface area contributed by atoms with Gasteiger partial charge < -0.3 is 15.2 Å². The zero-order chi connectivity index (χ0) is 22.5.